The molecule has 0 aliphatic carbocycles. The van der Waals surface area contributed by atoms with E-state index < -0.39 is 23.0 Å². The van der Waals surface area contributed by atoms with E-state index in [1.165, 1.54) is 6.21 Å². The first-order valence-electron chi connectivity index (χ1n) is 7.81. The molecule has 0 aliphatic rings. The molecular weight excluding hydrogens is 355 g/mol. The van der Waals surface area contributed by atoms with Crippen molar-refractivity contribution in [3.63, 3.8) is 0 Å². The van der Waals surface area contributed by atoms with E-state index in [-0.39, 0.29) is 5.69 Å². The van der Waals surface area contributed by atoms with Crippen molar-refractivity contribution in [1.82, 2.24) is 4.68 Å². The van der Waals surface area contributed by atoms with Crippen molar-refractivity contribution in [1.29, 1.82) is 0 Å². The molecule has 0 unspecified atom stereocenters. The summed E-state index contributed by atoms with van der Waals surface area (Å²) in [4.78, 5) is 15.4. The molecule has 0 radical (unpaired) electrons. The van der Waals surface area contributed by atoms with Crippen LogP contribution in [0.25, 0.3) is 16.1 Å². The highest BCUT2D eigenvalue weighted by atomic mass is 19.4. The van der Waals surface area contributed by atoms with Crippen LogP contribution in [0.3, 0.4) is 0 Å². The van der Waals surface area contributed by atoms with E-state index in [4.69, 9.17) is 6.57 Å². The minimum atomic E-state index is -4.83. The molecule has 0 fully saturated rings. The maximum absolute atomic E-state index is 13.4. The van der Waals surface area contributed by atoms with Gasteiger partial charge in [0.1, 0.15) is 0 Å². The van der Waals surface area contributed by atoms with Crippen molar-refractivity contribution >= 4 is 11.9 Å². The second-order valence-corrected chi connectivity index (χ2v) is 5.54. The Morgan fingerprint density at radius 1 is 1.00 bits per heavy atom. The Morgan fingerprint density at radius 2 is 1.59 bits per heavy atom. The number of hydrogen-bond acceptors (Lipinski definition) is 2. The van der Waals surface area contributed by atoms with Gasteiger partial charge in [0.2, 0.25) is 0 Å². The lowest BCUT2D eigenvalue weighted by Crippen LogP contribution is -2.22. The highest BCUT2D eigenvalue weighted by molar-refractivity contribution is 5.79. The molecule has 0 saturated carbocycles. The third-order valence-electron chi connectivity index (χ3n) is 3.77. The number of halogens is 3. The highest BCUT2D eigenvalue weighted by Gasteiger charge is 2.36. The summed E-state index contributed by atoms with van der Waals surface area (Å²) in [5.74, 6) is 0. The lowest BCUT2D eigenvalue weighted by Gasteiger charge is -2.14. The second-order valence-electron chi connectivity index (χ2n) is 5.54. The first-order valence-corrected chi connectivity index (χ1v) is 7.81. The number of alkyl halides is 3. The predicted molar refractivity (Wildman–Crippen MR) is 96.8 cm³/mol. The molecule has 4 nitrogen and oxygen atoms in total. The first-order chi connectivity index (χ1) is 12.9. The largest absolute Gasteiger partial charge is 0.407 e. The van der Waals surface area contributed by atoms with Crippen LogP contribution in [0.4, 0.5) is 18.9 Å². The van der Waals surface area contributed by atoms with Crippen molar-refractivity contribution in [3.8, 4) is 11.3 Å². The van der Waals surface area contributed by atoms with Gasteiger partial charge in [0.15, 0.2) is 0 Å². The smallest absolute Gasteiger partial charge is 0.281 e. The van der Waals surface area contributed by atoms with Gasteiger partial charge in [0.05, 0.1) is 24.0 Å². The van der Waals surface area contributed by atoms with Crippen LogP contribution in [-0.2, 0) is 6.18 Å². The molecule has 1 aromatic heterocycles. The zero-order valence-electron chi connectivity index (χ0n) is 13.8. The van der Waals surface area contributed by atoms with Gasteiger partial charge in [-0.15, -0.1) is 0 Å². The summed E-state index contributed by atoms with van der Waals surface area (Å²) in [5.41, 5.74) is -2.41. The second kappa shape index (κ2) is 7.30. The van der Waals surface area contributed by atoms with Gasteiger partial charge >= 0.3 is 6.18 Å². The Hall–Kier alpha value is -3.66. The molecule has 0 N–H and O–H groups in total. The average Bonchev–Trinajstić information content (AvgIpc) is 2.67. The minimum absolute atomic E-state index is 0.0486. The molecule has 3 rings (SSSR count). The van der Waals surface area contributed by atoms with E-state index in [2.05, 4.69) is 9.95 Å². The number of pyridine rings is 1. The third-order valence-corrected chi connectivity index (χ3v) is 3.77. The standard InChI is InChI=1S/C20H12F3N3O/c1-24-18-16(20(21,22)23)12-17(15-10-6-3-7-11-15)26(19(18)27)25-13-14-8-4-2-5-9-14/h2-13H. The number of hydrogen-bond donors (Lipinski definition) is 0. The van der Waals surface area contributed by atoms with Crippen molar-refractivity contribution in [3.05, 3.63) is 99.6 Å². The Balaban J connectivity index is 2.29. The normalized spacial score (nSPS) is 11.5. The zero-order valence-corrected chi connectivity index (χ0v) is 13.8. The summed E-state index contributed by atoms with van der Waals surface area (Å²) in [7, 11) is 0. The van der Waals surface area contributed by atoms with Gasteiger partial charge in [-0.2, -0.15) is 18.3 Å². The van der Waals surface area contributed by atoms with E-state index in [1.807, 2.05) is 0 Å². The first kappa shape index (κ1) is 18.1. The molecule has 134 valence electrons. The number of rotatable bonds is 3. The van der Waals surface area contributed by atoms with Crippen LogP contribution in [0.2, 0.25) is 0 Å². The number of benzene rings is 2. The maximum atomic E-state index is 13.4. The van der Waals surface area contributed by atoms with Gasteiger partial charge in [-0.05, 0) is 11.6 Å². The van der Waals surface area contributed by atoms with Crippen molar-refractivity contribution < 1.29 is 13.2 Å². The van der Waals surface area contributed by atoms with Crippen LogP contribution in [0.15, 0.2) is 76.6 Å². The lowest BCUT2D eigenvalue weighted by atomic mass is 10.1. The maximum Gasteiger partial charge on any atom is 0.407 e. The molecular formula is C20H12F3N3O. The minimum Gasteiger partial charge on any atom is -0.281 e. The molecule has 1 heterocycles. The van der Waals surface area contributed by atoms with Gasteiger partial charge in [0.25, 0.3) is 11.2 Å². The molecule has 27 heavy (non-hydrogen) atoms. The number of nitrogens with zero attached hydrogens (tertiary/aromatic N) is 3. The lowest BCUT2D eigenvalue weighted by molar-refractivity contribution is -0.136. The third kappa shape index (κ3) is 3.80. The van der Waals surface area contributed by atoms with Gasteiger partial charge in [0, 0.05) is 5.56 Å². The summed E-state index contributed by atoms with van der Waals surface area (Å²) in [6.45, 7) is 7.03. The van der Waals surface area contributed by atoms with Crippen LogP contribution < -0.4 is 5.56 Å². The molecule has 0 aliphatic heterocycles. The summed E-state index contributed by atoms with van der Waals surface area (Å²) >= 11 is 0. The summed E-state index contributed by atoms with van der Waals surface area (Å²) in [5, 5.41) is 4.05. The van der Waals surface area contributed by atoms with E-state index >= 15 is 0 Å². The topological polar surface area (TPSA) is 38.7 Å². The van der Waals surface area contributed by atoms with Gasteiger partial charge in [-0.3, -0.25) is 4.79 Å². The summed E-state index contributed by atoms with van der Waals surface area (Å²) < 4.78 is 40.9. The number of aromatic nitrogens is 1. The van der Waals surface area contributed by atoms with Crippen LogP contribution in [0.1, 0.15) is 11.1 Å². The van der Waals surface area contributed by atoms with Gasteiger partial charge in [-0.1, -0.05) is 60.7 Å². The quantitative estimate of drug-likeness (QED) is 0.476. The molecule has 0 spiro atoms. The van der Waals surface area contributed by atoms with E-state index in [9.17, 15) is 18.0 Å². The molecule has 2 aromatic carbocycles. The Bertz CT molecular complexity index is 1080. The van der Waals surface area contributed by atoms with Crippen molar-refractivity contribution in [2.24, 2.45) is 5.10 Å². The monoisotopic (exact) mass is 367 g/mol. The average molecular weight is 367 g/mol. The van der Waals surface area contributed by atoms with Crippen LogP contribution >= 0.6 is 0 Å². The molecule has 0 amide bonds. The Kier molecular flexibility index (Phi) is 4.90. The SMILES string of the molecule is [C-]#[N+]c1c(C(F)(F)F)cc(-c2ccccc2)n(N=Cc2ccccc2)c1=O. The summed E-state index contributed by atoms with van der Waals surface area (Å²) in [6.07, 6.45) is -3.47. The molecule has 0 bridgehead atoms. The predicted octanol–water partition coefficient (Wildman–Crippen LogP) is 4.97. The van der Waals surface area contributed by atoms with Crippen molar-refractivity contribution in [2.75, 3.05) is 0 Å². The fourth-order valence-corrected chi connectivity index (χ4v) is 2.51. The fourth-order valence-electron chi connectivity index (χ4n) is 2.51. The highest BCUT2D eigenvalue weighted by Crippen LogP contribution is 2.36. The van der Waals surface area contributed by atoms with Crippen molar-refractivity contribution in [2.45, 2.75) is 6.18 Å². The van der Waals surface area contributed by atoms with E-state index in [0.29, 0.717) is 11.1 Å². The van der Waals surface area contributed by atoms with Crippen LogP contribution in [0, 0.1) is 6.57 Å². The van der Waals surface area contributed by atoms with Gasteiger partial charge < -0.3 is 0 Å². The Labute approximate surface area is 152 Å². The summed E-state index contributed by atoms with van der Waals surface area (Å²) in [6, 6.07) is 17.7. The molecule has 0 atom stereocenters. The van der Waals surface area contributed by atoms with Crippen LogP contribution in [-0.4, -0.2) is 10.9 Å². The van der Waals surface area contributed by atoms with E-state index in [1.54, 1.807) is 60.7 Å². The molecule has 3 aromatic rings. The molecule has 7 heteroatoms. The van der Waals surface area contributed by atoms with Crippen LogP contribution in [0.5, 0.6) is 0 Å². The zero-order chi connectivity index (χ0) is 19.4. The van der Waals surface area contributed by atoms with E-state index in [0.717, 1.165) is 10.7 Å². The molecule has 0 saturated heterocycles. The van der Waals surface area contributed by atoms with Gasteiger partial charge in [-0.25, -0.2) is 9.52 Å². The fraction of sp³-hybridized carbons (Fsp3) is 0.0500. The Morgan fingerprint density at radius 3 is 2.15 bits per heavy atom.